The molecule has 0 bridgehead atoms. The lowest BCUT2D eigenvalue weighted by molar-refractivity contribution is -0.123. The molecule has 7 heteroatoms. The van der Waals surface area contributed by atoms with Crippen LogP contribution in [0.5, 0.6) is 11.5 Å². The number of pyridine rings is 2. The van der Waals surface area contributed by atoms with E-state index in [4.69, 9.17) is 9.47 Å². The molecule has 0 aliphatic heterocycles. The van der Waals surface area contributed by atoms with Crippen molar-refractivity contribution in [2.24, 2.45) is 0 Å². The van der Waals surface area contributed by atoms with E-state index < -0.39 is 6.04 Å². The Hall–Kier alpha value is -3.45. The Kier molecular flexibility index (Phi) is 8.37. The molecule has 0 saturated carbocycles. The maximum atomic E-state index is 13.1. The summed E-state index contributed by atoms with van der Waals surface area (Å²) < 4.78 is 11.0. The molecule has 2 N–H and O–H groups in total. The maximum absolute atomic E-state index is 13.1. The molecule has 7 nitrogen and oxygen atoms in total. The zero-order valence-corrected chi connectivity index (χ0v) is 17.9. The molecule has 1 amide bonds. The Balaban J connectivity index is 1.72. The molecule has 1 unspecified atom stereocenters. The smallest absolute Gasteiger partial charge is 0.241 e. The fraction of sp³-hybridized carbons (Fsp3) is 0.292. The molecule has 0 radical (unpaired) electrons. The highest BCUT2D eigenvalue weighted by Gasteiger charge is 2.25. The summed E-state index contributed by atoms with van der Waals surface area (Å²) in [6.45, 7) is 1.13. The first-order valence-electron chi connectivity index (χ1n) is 10.2. The molecule has 0 saturated heterocycles. The minimum atomic E-state index is -0.583. The van der Waals surface area contributed by atoms with Gasteiger partial charge in [-0.05, 0) is 48.2 Å². The zero-order chi connectivity index (χ0) is 21.9. The lowest BCUT2D eigenvalue weighted by Gasteiger charge is -2.22. The first-order valence-corrected chi connectivity index (χ1v) is 10.2. The fourth-order valence-electron chi connectivity index (χ4n) is 3.37. The van der Waals surface area contributed by atoms with Crippen LogP contribution < -0.4 is 20.1 Å². The standard InChI is InChI=1S/C24H28N4O3/c1-30-21-7-3-6-20(23(21)31-2)22(27-15-10-18-8-13-25-14-9-18)24(29)28-16-11-19-5-4-12-26-17-19/h3-9,12-14,17,22,27H,10-11,15-16H2,1-2H3,(H,28,29). The Bertz CT molecular complexity index is 952. The molecule has 0 spiro atoms. The number of para-hydroxylation sites is 1. The van der Waals surface area contributed by atoms with E-state index in [1.165, 1.54) is 0 Å². The summed E-state index contributed by atoms with van der Waals surface area (Å²) >= 11 is 0. The molecule has 1 atom stereocenters. The number of nitrogens with zero attached hydrogens (tertiary/aromatic N) is 2. The third-order valence-electron chi connectivity index (χ3n) is 4.95. The quantitative estimate of drug-likeness (QED) is 0.496. The summed E-state index contributed by atoms with van der Waals surface area (Å²) in [6.07, 6.45) is 8.56. The summed E-state index contributed by atoms with van der Waals surface area (Å²) in [7, 11) is 3.16. The van der Waals surface area contributed by atoms with Gasteiger partial charge in [-0.25, -0.2) is 0 Å². The van der Waals surface area contributed by atoms with Crippen LogP contribution in [-0.2, 0) is 17.6 Å². The molecule has 0 aliphatic rings. The van der Waals surface area contributed by atoms with Crippen molar-refractivity contribution < 1.29 is 14.3 Å². The van der Waals surface area contributed by atoms with Crippen LogP contribution in [0.4, 0.5) is 0 Å². The normalized spacial score (nSPS) is 11.5. The first-order chi connectivity index (χ1) is 15.2. The van der Waals surface area contributed by atoms with Crippen LogP contribution in [0.2, 0.25) is 0 Å². The highest BCUT2D eigenvalue weighted by molar-refractivity contribution is 5.84. The van der Waals surface area contributed by atoms with E-state index in [-0.39, 0.29) is 5.91 Å². The van der Waals surface area contributed by atoms with Crippen molar-refractivity contribution in [3.8, 4) is 11.5 Å². The Morgan fingerprint density at radius 1 is 0.903 bits per heavy atom. The Morgan fingerprint density at radius 3 is 2.42 bits per heavy atom. The Morgan fingerprint density at radius 2 is 1.71 bits per heavy atom. The van der Waals surface area contributed by atoms with Gasteiger partial charge in [0.25, 0.3) is 0 Å². The number of ether oxygens (including phenoxy) is 2. The topological polar surface area (TPSA) is 85.4 Å². The van der Waals surface area contributed by atoms with E-state index in [0.717, 1.165) is 23.1 Å². The second-order valence-electron chi connectivity index (χ2n) is 6.98. The average molecular weight is 421 g/mol. The fourth-order valence-corrected chi connectivity index (χ4v) is 3.37. The number of carbonyl (C=O) groups is 1. The van der Waals surface area contributed by atoms with Gasteiger partial charge in [0.15, 0.2) is 11.5 Å². The molecule has 1 aromatic carbocycles. The van der Waals surface area contributed by atoms with Crippen LogP contribution >= 0.6 is 0 Å². The molecular formula is C24H28N4O3. The summed E-state index contributed by atoms with van der Waals surface area (Å²) in [5.74, 6) is 1.02. The zero-order valence-electron chi connectivity index (χ0n) is 17.9. The summed E-state index contributed by atoms with van der Waals surface area (Å²) in [5.41, 5.74) is 2.95. The van der Waals surface area contributed by atoms with Crippen molar-refractivity contribution in [1.29, 1.82) is 0 Å². The van der Waals surface area contributed by atoms with Crippen LogP contribution in [0, 0.1) is 0 Å². The van der Waals surface area contributed by atoms with Gasteiger partial charge in [-0.15, -0.1) is 0 Å². The van der Waals surface area contributed by atoms with Gasteiger partial charge in [-0.1, -0.05) is 18.2 Å². The summed E-state index contributed by atoms with van der Waals surface area (Å²) in [5, 5.41) is 6.41. The minimum Gasteiger partial charge on any atom is -0.493 e. The van der Waals surface area contributed by atoms with Crippen LogP contribution in [0.25, 0.3) is 0 Å². The summed E-state index contributed by atoms with van der Waals surface area (Å²) in [6, 6.07) is 12.8. The number of hydrogen-bond donors (Lipinski definition) is 2. The molecule has 2 aromatic heterocycles. The second-order valence-corrected chi connectivity index (χ2v) is 6.98. The van der Waals surface area contributed by atoms with E-state index in [0.29, 0.717) is 31.0 Å². The van der Waals surface area contributed by atoms with Gasteiger partial charge >= 0.3 is 0 Å². The van der Waals surface area contributed by atoms with Crippen molar-refractivity contribution >= 4 is 5.91 Å². The molecular weight excluding hydrogens is 392 g/mol. The Labute approximate surface area is 182 Å². The van der Waals surface area contributed by atoms with Crippen LogP contribution in [0.3, 0.4) is 0 Å². The SMILES string of the molecule is COc1cccc(C(NCCc2ccncc2)C(=O)NCCc2cccnc2)c1OC. The lowest BCUT2D eigenvalue weighted by Crippen LogP contribution is -2.39. The number of nitrogens with one attached hydrogen (secondary N) is 2. The number of methoxy groups -OCH3 is 2. The van der Waals surface area contributed by atoms with Gasteiger partial charge in [0.1, 0.15) is 6.04 Å². The molecule has 31 heavy (non-hydrogen) atoms. The highest BCUT2D eigenvalue weighted by Crippen LogP contribution is 2.34. The third kappa shape index (κ3) is 6.26. The van der Waals surface area contributed by atoms with E-state index in [2.05, 4.69) is 20.6 Å². The van der Waals surface area contributed by atoms with Gasteiger partial charge < -0.3 is 20.1 Å². The highest BCUT2D eigenvalue weighted by atomic mass is 16.5. The van der Waals surface area contributed by atoms with E-state index >= 15 is 0 Å². The van der Waals surface area contributed by atoms with Crippen molar-refractivity contribution in [2.45, 2.75) is 18.9 Å². The molecule has 162 valence electrons. The van der Waals surface area contributed by atoms with E-state index in [1.807, 2.05) is 48.7 Å². The second kappa shape index (κ2) is 11.7. The molecule has 0 fully saturated rings. The number of aromatic nitrogens is 2. The molecule has 3 aromatic rings. The van der Waals surface area contributed by atoms with Gasteiger partial charge in [-0.3, -0.25) is 14.8 Å². The molecule has 0 aliphatic carbocycles. The van der Waals surface area contributed by atoms with Gasteiger partial charge in [0.05, 0.1) is 14.2 Å². The van der Waals surface area contributed by atoms with Crippen molar-refractivity contribution in [3.63, 3.8) is 0 Å². The average Bonchev–Trinajstić information content (AvgIpc) is 2.82. The van der Waals surface area contributed by atoms with Crippen molar-refractivity contribution in [3.05, 3.63) is 83.9 Å². The van der Waals surface area contributed by atoms with Crippen LogP contribution in [-0.4, -0.2) is 43.2 Å². The molecule has 2 heterocycles. The van der Waals surface area contributed by atoms with E-state index in [1.54, 1.807) is 32.8 Å². The number of rotatable bonds is 11. The van der Waals surface area contributed by atoms with Gasteiger partial charge in [0, 0.05) is 43.4 Å². The minimum absolute atomic E-state index is 0.120. The van der Waals surface area contributed by atoms with Crippen LogP contribution in [0.15, 0.2) is 67.3 Å². The monoisotopic (exact) mass is 420 g/mol. The number of amides is 1. The lowest BCUT2D eigenvalue weighted by atomic mass is 10.0. The predicted molar refractivity (Wildman–Crippen MR) is 119 cm³/mol. The van der Waals surface area contributed by atoms with E-state index in [9.17, 15) is 4.79 Å². The number of carbonyl (C=O) groups excluding carboxylic acids is 1. The predicted octanol–water partition coefficient (Wildman–Crippen LogP) is 2.73. The third-order valence-corrected chi connectivity index (χ3v) is 4.95. The summed E-state index contributed by atoms with van der Waals surface area (Å²) in [4.78, 5) is 21.3. The van der Waals surface area contributed by atoms with Crippen molar-refractivity contribution in [1.82, 2.24) is 20.6 Å². The number of hydrogen-bond acceptors (Lipinski definition) is 6. The largest absolute Gasteiger partial charge is 0.493 e. The van der Waals surface area contributed by atoms with Gasteiger partial charge in [-0.2, -0.15) is 0 Å². The first kappa shape index (κ1) is 22.2. The molecule has 3 rings (SSSR count). The van der Waals surface area contributed by atoms with Crippen LogP contribution in [0.1, 0.15) is 22.7 Å². The maximum Gasteiger partial charge on any atom is 0.241 e. The number of benzene rings is 1. The van der Waals surface area contributed by atoms with Crippen molar-refractivity contribution in [2.75, 3.05) is 27.3 Å². The van der Waals surface area contributed by atoms with Gasteiger partial charge in [0.2, 0.25) is 5.91 Å².